The molecule has 0 bridgehead atoms. The number of carbonyl (C=O) groups excluding carboxylic acids is 1. The molecule has 6 nitrogen and oxygen atoms in total. The Balaban J connectivity index is 2.42. The van der Waals surface area contributed by atoms with Crippen molar-refractivity contribution in [3.05, 3.63) is 33.9 Å². The Morgan fingerprint density at radius 2 is 2.18 bits per heavy atom. The molecule has 0 aromatic heterocycles. The molecule has 1 aromatic carbocycles. The molecule has 1 aromatic rings. The molecule has 1 aliphatic heterocycles. The van der Waals surface area contributed by atoms with E-state index in [0.29, 0.717) is 18.4 Å². The van der Waals surface area contributed by atoms with E-state index in [9.17, 15) is 28.1 Å². The van der Waals surface area contributed by atoms with Crippen molar-refractivity contribution in [2.75, 3.05) is 17.2 Å². The number of alkyl halides is 3. The average Bonchev–Trinajstić information content (AvgIpc) is 2.84. The van der Waals surface area contributed by atoms with Gasteiger partial charge in [0.1, 0.15) is 5.69 Å². The smallest absolute Gasteiger partial charge is 0.336 e. The number of nitrogens with zero attached hydrogens (tertiary/aromatic N) is 2. The molecule has 1 aliphatic rings. The van der Waals surface area contributed by atoms with Crippen molar-refractivity contribution in [3.63, 3.8) is 0 Å². The van der Waals surface area contributed by atoms with Gasteiger partial charge in [-0.1, -0.05) is 0 Å². The predicted octanol–water partition coefficient (Wildman–Crippen LogP) is 2.59. The second-order valence-electron chi connectivity index (χ2n) is 4.58. The van der Waals surface area contributed by atoms with Crippen molar-refractivity contribution in [3.8, 4) is 0 Å². The second kappa shape index (κ2) is 6.03. The van der Waals surface area contributed by atoms with Gasteiger partial charge >= 0.3 is 6.18 Å². The molecule has 10 heteroatoms. The van der Waals surface area contributed by atoms with Gasteiger partial charge in [-0.05, 0) is 12.1 Å². The maximum Gasteiger partial charge on any atom is 0.416 e. The van der Waals surface area contributed by atoms with Gasteiger partial charge in [-0.2, -0.15) is 13.2 Å². The largest absolute Gasteiger partial charge is 0.416 e. The fraction of sp³-hybridized carbons (Fsp3) is 0.417. The Kier molecular flexibility index (Phi) is 4.50. The Labute approximate surface area is 127 Å². The summed E-state index contributed by atoms with van der Waals surface area (Å²) in [7, 11) is 0. The number of amides is 1. The standard InChI is InChI=1S/C12H12F3N3O3S/c1-7(19)16-11-17(4-5-22-11)9-3-2-8(12(13,14)15)6-10(9)18(20)21/h2-3,6,11H,4-5H2,1H3,(H,16,19). The van der Waals surface area contributed by atoms with Crippen LogP contribution < -0.4 is 10.2 Å². The average molecular weight is 335 g/mol. The van der Waals surface area contributed by atoms with Crippen LogP contribution in [0.4, 0.5) is 24.5 Å². The van der Waals surface area contributed by atoms with Crippen LogP contribution in [0, 0.1) is 10.1 Å². The van der Waals surface area contributed by atoms with Crippen LogP contribution in [0.1, 0.15) is 12.5 Å². The number of rotatable bonds is 3. The first-order valence-corrected chi connectivity index (χ1v) is 7.26. The zero-order valence-electron chi connectivity index (χ0n) is 11.4. The molecular formula is C12H12F3N3O3S. The first-order valence-electron chi connectivity index (χ1n) is 6.21. The molecule has 2 rings (SSSR count). The minimum absolute atomic E-state index is 0.0572. The highest BCUT2D eigenvalue weighted by molar-refractivity contribution is 8.00. The first-order chi connectivity index (χ1) is 10.2. The highest BCUT2D eigenvalue weighted by Crippen LogP contribution is 2.39. The van der Waals surface area contributed by atoms with Crippen molar-refractivity contribution in [2.24, 2.45) is 0 Å². The molecule has 1 N–H and O–H groups in total. The number of anilines is 1. The van der Waals surface area contributed by atoms with Gasteiger partial charge < -0.3 is 10.2 Å². The molecule has 1 saturated heterocycles. The third kappa shape index (κ3) is 3.43. The summed E-state index contributed by atoms with van der Waals surface area (Å²) in [5, 5.41) is 13.7. The summed E-state index contributed by atoms with van der Waals surface area (Å²) < 4.78 is 38.1. The van der Waals surface area contributed by atoms with Gasteiger partial charge in [-0.15, -0.1) is 11.8 Å². The van der Waals surface area contributed by atoms with Gasteiger partial charge in [0.15, 0.2) is 5.50 Å². The van der Waals surface area contributed by atoms with Crippen LogP contribution in [0.15, 0.2) is 18.2 Å². The zero-order valence-corrected chi connectivity index (χ0v) is 12.2. The molecular weight excluding hydrogens is 323 g/mol. The summed E-state index contributed by atoms with van der Waals surface area (Å²) in [5.74, 6) is 0.280. The lowest BCUT2D eigenvalue weighted by Crippen LogP contribution is -2.42. The third-order valence-electron chi connectivity index (χ3n) is 3.03. The van der Waals surface area contributed by atoms with Crippen molar-refractivity contribution < 1.29 is 22.9 Å². The number of nitro benzene ring substituents is 1. The Morgan fingerprint density at radius 3 is 2.73 bits per heavy atom. The van der Waals surface area contributed by atoms with E-state index in [0.717, 1.165) is 12.1 Å². The van der Waals surface area contributed by atoms with E-state index >= 15 is 0 Å². The van der Waals surface area contributed by atoms with Gasteiger partial charge in [0.25, 0.3) is 5.69 Å². The molecule has 1 atom stereocenters. The molecule has 0 radical (unpaired) electrons. The van der Waals surface area contributed by atoms with Gasteiger partial charge in [0, 0.05) is 25.3 Å². The second-order valence-corrected chi connectivity index (χ2v) is 5.76. The number of hydrogen-bond donors (Lipinski definition) is 1. The van der Waals surface area contributed by atoms with Crippen LogP contribution in [0.25, 0.3) is 0 Å². The minimum atomic E-state index is -4.65. The van der Waals surface area contributed by atoms with Crippen molar-refractivity contribution in [2.45, 2.75) is 18.6 Å². The van der Waals surface area contributed by atoms with Crippen LogP contribution in [-0.4, -0.2) is 28.6 Å². The molecule has 0 spiro atoms. The van der Waals surface area contributed by atoms with E-state index in [2.05, 4.69) is 5.32 Å². The molecule has 1 unspecified atom stereocenters. The Hall–Kier alpha value is -1.97. The van der Waals surface area contributed by atoms with Gasteiger partial charge in [0.05, 0.1) is 10.5 Å². The van der Waals surface area contributed by atoms with Crippen LogP contribution in [0.2, 0.25) is 0 Å². The topological polar surface area (TPSA) is 75.5 Å². The number of nitrogens with one attached hydrogen (secondary N) is 1. The normalized spacial score (nSPS) is 18.4. The summed E-state index contributed by atoms with van der Waals surface area (Å²) in [6.07, 6.45) is -4.65. The number of halogens is 3. The molecule has 1 heterocycles. The first kappa shape index (κ1) is 16.4. The summed E-state index contributed by atoms with van der Waals surface area (Å²) in [6, 6.07) is 2.39. The number of benzene rings is 1. The molecule has 1 fully saturated rings. The fourth-order valence-corrected chi connectivity index (χ4v) is 3.27. The van der Waals surface area contributed by atoms with Gasteiger partial charge in [-0.25, -0.2) is 0 Å². The fourth-order valence-electron chi connectivity index (χ4n) is 2.10. The van der Waals surface area contributed by atoms with Crippen molar-refractivity contribution in [1.82, 2.24) is 5.32 Å². The molecule has 0 saturated carbocycles. The lowest BCUT2D eigenvalue weighted by atomic mass is 10.1. The molecule has 0 aliphatic carbocycles. The van der Waals surface area contributed by atoms with E-state index in [1.165, 1.54) is 23.6 Å². The number of thioether (sulfide) groups is 1. The lowest BCUT2D eigenvalue weighted by molar-refractivity contribution is -0.384. The van der Waals surface area contributed by atoms with E-state index in [4.69, 9.17) is 0 Å². The highest BCUT2D eigenvalue weighted by Gasteiger charge is 2.36. The molecule has 120 valence electrons. The number of nitro groups is 1. The Morgan fingerprint density at radius 1 is 1.50 bits per heavy atom. The van der Waals surface area contributed by atoms with Crippen LogP contribution >= 0.6 is 11.8 Å². The summed E-state index contributed by atoms with van der Waals surface area (Å²) in [5.41, 5.74) is -2.19. The van der Waals surface area contributed by atoms with Gasteiger partial charge in [-0.3, -0.25) is 14.9 Å². The van der Waals surface area contributed by atoms with Crippen molar-refractivity contribution >= 4 is 29.0 Å². The third-order valence-corrected chi connectivity index (χ3v) is 4.13. The van der Waals surface area contributed by atoms with Crippen molar-refractivity contribution in [1.29, 1.82) is 0 Å². The monoisotopic (exact) mass is 335 g/mol. The van der Waals surface area contributed by atoms with E-state index in [-0.39, 0.29) is 11.6 Å². The maximum atomic E-state index is 12.7. The van der Waals surface area contributed by atoms with Crippen LogP contribution in [0.5, 0.6) is 0 Å². The quantitative estimate of drug-likeness (QED) is 0.679. The highest BCUT2D eigenvalue weighted by atomic mass is 32.2. The molecule has 1 amide bonds. The summed E-state index contributed by atoms with van der Waals surface area (Å²) in [6.45, 7) is 1.69. The minimum Gasteiger partial charge on any atom is -0.336 e. The van der Waals surface area contributed by atoms with Crippen LogP contribution in [-0.2, 0) is 11.0 Å². The van der Waals surface area contributed by atoms with E-state index < -0.39 is 27.8 Å². The Bertz CT molecular complexity index is 609. The maximum absolute atomic E-state index is 12.7. The van der Waals surface area contributed by atoms with Gasteiger partial charge in [0.2, 0.25) is 5.91 Å². The van der Waals surface area contributed by atoms with E-state index in [1.807, 2.05) is 0 Å². The lowest BCUT2D eigenvalue weighted by Gasteiger charge is -2.26. The number of carbonyl (C=O) groups is 1. The summed E-state index contributed by atoms with van der Waals surface area (Å²) >= 11 is 1.35. The number of hydrogen-bond acceptors (Lipinski definition) is 5. The van der Waals surface area contributed by atoms with Crippen LogP contribution in [0.3, 0.4) is 0 Å². The summed E-state index contributed by atoms with van der Waals surface area (Å²) in [4.78, 5) is 22.9. The predicted molar refractivity (Wildman–Crippen MR) is 75.5 cm³/mol. The molecule has 22 heavy (non-hydrogen) atoms. The zero-order chi connectivity index (χ0) is 16.5. The SMILES string of the molecule is CC(=O)NC1SCCN1c1ccc(C(F)(F)F)cc1[N+](=O)[O-]. The van der Waals surface area contributed by atoms with E-state index in [1.54, 1.807) is 0 Å².